The number of rotatable bonds is 0. The Morgan fingerprint density at radius 1 is 1.14 bits per heavy atom. The van der Waals surface area contributed by atoms with Crippen molar-refractivity contribution >= 4 is 31.9 Å². The molecule has 14 heavy (non-hydrogen) atoms. The summed E-state index contributed by atoms with van der Waals surface area (Å²) < 4.78 is 2.34. The highest BCUT2D eigenvalue weighted by atomic mass is 79.9. The molecule has 0 N–H and O–H groups in total. The van der Waals surface area contributed by atoms with E-state index in [0.717, 1.165) is 6.42 Å². The van der Waals surface area contributed by atoms with Crippen LogP contribution < -0.4 is 0 Å². The minimum absolute atomic E-state index is 0.491. The van der Waals surface area contributed by atoms with Gasteiger partial charge < -0.3 is 0 Å². The van der Waals surface area contributed by atoms with Gasteiger partial charge in [-0.05, 0) is 24.1 Å². The maximum absolute atomic E-state index is 3.61. The summed E-state index contributed by atoms with van der Waals surface area (Å²) >= 11 is 7.20. The molecule has 0 aliphatic heterocycles. The Hall–Kier alpha value is -0.340. The molecule has 0 radical (unpaired) electrons. The first kappa shape index (κ1) is 10.2. The van der Waals surface area contributed by atoms with Crippen molar-refractivity contribution in [2.45, 2.75) is 6.42 Å². The van der Waals surface area contributed by atoms with Crippen LogP contribution in [0.2, 0.25) is 0 Å². The van der Waals surface area contributed by atoms with E-state index >= 15 is 0 Å². The largest absolute Gasteiger partial charge is 0.0836 e. The lowest BCUT2D eigenvalue weighted by molar-refractivity contribution is 0.785. The minimum atomic E-state index is 0.491. The predicted molar refractivity (Wildman–Crippen MR) is 68.5 cm³/mol. The number of halogens is 2. The van der Waals surface area contributed by atoms with Crippen LogP contribution in [0.15, 0.2) is 57.1 Å². The predicted octanol–water partition coefficient (Wildman–Crippen LogP) is 4.62. The van der Waals surface area contributed by atoms with E-state index in [1.807, 2.05) is 0 Å². The zero-order chi connectivity index (χ0) is 9.97. The lowest BCUT2D eigenvalue weighted by atomic mass is 9.90. The number of hydrogen-bond acceptors (Lipinski definition) is 0. The van der Waals surface area contributed by atoms with Gasteiger partial charge in [-0.15, -0.1) is 0 Å². The first-order chi connectivity index (χ1) is 6.79. The van der Waals surface area contributed by atoms with Crippen LogP contribution in [0.4, 0.5) is 0 Å². The van der Waals surface area contributed by atoms with Crippen LogP contribution >= 0.6 is 31.9 Å². The molecule has 0 heterocycles. The fourth-order valence-corrected chi connectivity index (χ4v) is 3.24. The summed E-state index contributed by atoms with van der Waals surface area (Å²) in [5.41, 5.74) is 1.34. The standard InChI is InChI=1S/C12H10Br2/c13-10-7-3-1-2-5-9-6-4-8-11(14)12(9)10/h1-4,6-9H,5H2/b2-1+,7-3-,12-10-. The molecule has 0 saturated heterocycles. The molecule has 0 aromatic rings. The second kappa shape index (κ2) is 4.45. The molecular weight excluding hydrogens is 304 g/mol. The highest BCUT2D eigenvalue weighted by Crippen LogP contribution is 2.37. The highest BCUT2D eigenvalue weighted by Gasteiger charge is 2.18. The van der Waals surface area contributed by atoms with Crippen LogP contribution in [0.1, 0.15) is 6.42 Å². The van der Waals surface area contributed by atoms with Gasteiger partial charge in [-0.2, -0.15) is 0 Å². The molecule has 1 unspecified atom stereocenters. The Kier molecular flexibility index (Phi) is 3.24. The summed E-state index contributed by atoms with van der Waals surface area (Å²) in [6, 6.07) is 0. The smallest absolute Gasteiger partial charge is 0.0224 e. The Morgan fingerprint density at radius 3 is 2.86 bits per heavy atom. The van der Waals surface area contributed by atoms with E-state index in [2.05, 4.69) is 74.4 Å². The molecule has 0 spiro atoms. The monoisotopic (exact) mass is 312 g/mol. The fourth-order valence-electron chi connectivity index (χ4n) is 1.66. The van der Waals surface area contributed by atoms with Crippen LogP contribution in [-0.4, -0.2) is 0 Å². The van der Waals surface area contributed by atoms with Gasteiger partial charge in [0.15, 0.2) is 0 Å². The number of fused-ring (bicyclic) bond motifs is 1. The summed E-state index contributed by atoms with van der Waals surface area (Å²) in [6.07, 6.45) is 16.0. The van der Waals surface area contributed by atoms with Gasteiger partial charge >= 0.3 is 0 Å². The normalized spacial score (nSPS) is 35.3. The summed E-state index contributed by atoms with van der Waals surface area (Å²) in [5.74, 6) is 0.491. The van der Waals surface area contributed by atoms with Gasteiger partial charge in [0.2, 0.25) is 0 Å². The molecule has 2 rings (SSSR count). The third kappa shape index (κ3) is 2.01. The fraction of sp³-hybridized carbons (Fsp3) is 0.167. The van der Waals surface area contributed by atoms with Gasteiger partial charge in [0, 0.05) is 14.9 Å². The summed E-state index contributed by atoms with van der Waals surface area (Å²) in [5, 5.41) is 0. The second-order valence-corrected chi connectivity index (χ2v) is 5.00. The molecule has 0 fully saturated rings. The Morgan fingerprint density at radius 2 is 2.00 bits per heavy atom. The third-order valence-electron chi connectivity index (χ3n) is 2.35. The Balaban J connectivity index is 2.48. The molecule has 2 aliphatic carbocycles. The zero-order valence-corrected chi connectivity index (χ0v) is 10.8. The van der Waals surface area contributed by atoms with E-state index in [1.54, 1.807) is 0 Å². The van der Waals surface area contributed by atoms with Crippen LogP contribution in [0.3, 0.4) is 0 Å². The highest BCUT2D eigenvalue weighted by molar-refractivity contribution is 9.12. The van der Waals surface area contributed by atoms with Gasteiger partial charge in [0.1, 0.15) is 0 Å². The van der Waals surface area contributed by atoms with E-state index in [0.29, 0.717) is 5.92 Å². The lowest BCUT2D eigenvalue weighted by Crippen LogP contribution is -2.05. The van der Waals surface area contributed by atoms with Gasteiger partial charge in [-0.3, -0.25) is 0 Å². The number of hydrogen-bond donors (Lipinski definition) is 0. The van der Waals surface area contributed by atoms with E-state index in [-0.39, 0.29) is 0 Å². The quantitative estimate of drug-likeness (QED) is 0.612. The topological polar surface area (TPSA) is 0 Å². The SMILES string of the molecule is BrC1=CC=CC2C/C=C/C=C\C(Br)=C\12. The third-order valence-corrected chi connectivity index (χ3v) is 3.73. The molecular formula is C12H10Br2. The van der Waals surface area contributed by atoms with Crippen molar-refractivity contribution in [2.75, 3.05) is 0 Å². The molecule has 72 valence electrons. The van der Waals surface area contributed by atoms with E-state index in [9.17, 15) is 0 Å². The minimum Gasteiger partial charge on any atom is -0.0836 e. The summed E-state index contributed by atoms with van der Waals surface area (Å²) in [6.45, 7) is 0. The van der Waals surface area contributed by atoms with Crippen molar-refractivity contribution in [3.05, 3.63) is 57.1 Å². The first-order valence-corrected chi connectivity index (χ1v) is 6.15. The second-order valence-electron chi connectivity index (χ2n) is 3.29. The number of allylic oxidation sites excluding steroid dienone is 10. The van der Waals surface area contributed by atoms with Crippen LogP contribution in [-0.2, 0) is 0 Å². The average Bonchev–Trinajstić information content (AvgIpc) is 2.13. The zero-order valence-electron chi connectivity index (χ0n) is 7.58. The average molecular weight is 314 g/mol. The van der Waals surface area contributed by atoms with Gasteiger partial charge in [-0.25, -0.2) is 0 Å². The van der Waals surface area contributed by atoms with Crippen molar-refractivity contribution in [2.24, 2.45) is 5.92 Å². The summed E-state index contributed by atoms with van der Waals surface area (Å²) in [7, 11) is 0. The summed E-state index contributed by atoms with van der Waals surface area (Å²) in [4.78, 5) is 0. The molecule has 1 atom stereocenters. The van der Waals surface area contributed by atoms with Crippen molar-refractivity contribution in [3.8, 4) is 0 Å². The molecule has 0 nitrogen and oxygen atoms in total. The molecule has 0 amide bonds. The van der Waals surface area contributed by atoms with Gasteiger partial charge in [-0.1, -0.05) is 62.2 Å². The maximum Gasteiger partial charge on any atom is 0.0224 e. The van der Waals surface area contributed by atoms with Crippen LogP contribution in [0.25, 0.3) is 0 Å². The Labute approximate surface area is 101 Å². The Bertz CT molecular complexity index is 381. The van der Waals surface area contributed by atoms with Gasteiger partial charge in [0.25, 0.3) is 0 Å². The van der Waals surface area contributed by atoms with Crippen LogP contribution in [0, 0.1) is 5.92 Å². The maximum atomic E-state index is 3.61. The van der Waals surface area contributed by atoms with Crippen molar-refractivity contribution in [1.29, 1.82) is 0 Å². The van der Waals surface area contributed by atoms with Gasteiger partial charge in [0.05, 0.1) is 0 Å². The van der Waals surface area contributed by atoms with E-state index in [1.165, 1.54) is 14.5 Å². The van der Waals surface area contributed by atoms with Crippen molar-refractivity contribution in [1.82, 2.24) is 0 Å². The van der Waals surface area contributed by atoms with Crippen molar-refractivity contribution < 1.29 is 0 Å². The molecule has 0 aromatic heterocycles. The molecule has 0 saturated carbocycles. The molecule has 0 aromatic carbocycles. The van der Waals surface area contributed by atoms with E-state index < -0.39 is 0 Å². The van der Waals surface area contributed by atoms with Crippen LogP contribution in [0.5, 0.6) is 0 Å². The van der Waals surface area contributed by atoms with Crippen molar-refractivity contribution in [3.63, 3.8) is 0 Å². The molecule has 0 bridgehead atoms. The van der Waals surface area contributed by atoms with E-state index in [4.69, 9.17) is 0 Å². The lowest BCUT2D eigenvalue weighted by Gasteiger charge is -2.20. The first-order valence-electron chi connectivity index (χ1n) is 4.56. The molecule has 2 aliphatic rings. The molecule has 2 heteroatoms.